The van der Waals surface area contributed by atoms with Gasteiger partial charge in [-0.2, -0.15) is 5.10 Å². The molecule has 0 bridgehead atoms. The number of urea groups is 1. The topological polar surface area (TPSA) is 101 Å². The highest BCUT2D eigenvalue weighted by atomic mass is 16.2. The van der Waals surface area contributed by atoms with Gasteiger partial charge in [-0.25, -0.2) is 4.79 Å². The van der Waals surface area contributed by atoms with Gasteiger partial charge in [0.1, 0.15) is 11.6 Å². The molecule has 2 amide bonds. The second-order valence-corrected chi connectivity index (χ2v) is 7.10. The van der Waals surface area contributed by atoms with Gasteiger partial charge in [0.15, 0.2) is 5.82 Å². The zero-order chi connectivity index (χ0) is 18.8. The number of aromatic nitrogens is 5. The predicted octanol–water partition coefficient (Wildman–Crippen LogP) is 3.31. The number of amides is 2. The number of carbonyl (C=O) groups excluding carboxylic acids is 1. The van der Waals surface area contributed by atoms with Gasteiger partial charge in [0.05, 0.1) is 0 Å². The summed E-state index contributed by atoms with van der Waals surface area (Å²) in [5.74, 6) is 2.92. The minimum absolute atomic E-state index is 0.320. The Morgan fingerprint density at radius 3 is 2.78 bits per heavy atom. The number of anilines is 2. The molecule has 0 spiro atoms. The molecule has 0 radical (unpaired) electrons. The number of nitrogens with one attached hydrogen (secondary N) is 3. The number of benzene rings is 1. The number of carbonyl (C=O) groups is 1. The van der Waals surface area contributed by atoms with Gasteiger partial charge in [-0.05, 0) is 30.0 Å². The van der Waals surface area contributed by atoms with Crippen LogP contribution in [0.1, 0.15) is 49.1 Å². The lowest BCUT2D eigenvalue weighted by atomic mass is 10.1. The summed E-state index contributed by atoms with van der Waals surface area (Å²) < 4.78 is 2.20. The lowest BCUT2D eigenvalue weighted by Crippen LogP contribution is -2.19. The van der Waals surface area contributed by atoms with Gasteiger partial charge < -0.3 is 9.88 Å². The molecule has 3 aromatic rings. The fraction of sp³-hybridized carbons (Fsp3) is 0.368. The molecule has 1 aliphatic heterocycles. The minimum atomic E-state index is -0.320. The van der Waals surface area contributed by atoms with Gasteiger partial charge in [0.25, 0.3) is 0 Å². The SMILES string of the molecule is CC(C)c1cc(NC(=O)Nc2ccc(Cc3nnc4n3CCC4)cc2)n[nH]1. The third kappa shape index (κ3) is 3.84. The van der Waals surface area contributed by atoms with Crippen LogP contribution in [-0.2, 0) is 19.4 Å². The van der Waals surface area contributed by atoms with E-state index in [1.807, 2.05) is 30.3 Å². The lowest BCUT2D eigenvalue weighted by molar-refractivity contribution is 0.262. The smallest absolute Gasteiger partial charge is 0.315 e. The Hall–Kier alpha value is -3.16. The van der Waals surface area contributed by atoms with Gasteiger partial charge in [-0.3, -0.25) is 10.4 Å². The molecule has 3 heterocycles. The number of H-pyrrole nitrogens is 1. The molecule has 0 aliphatic carbocycles. The van der Waals surface area contributed by atoms with E-state index in [1.165, 1.54) is 0 Å². The van der Waals surface area contributed by atoms with Crippen molar-refractivity contribution in [2.45, 2.75) is 45.6 Å². The van der Waals surface area contributed by atoms with Crippen molar-refractivity contribution in [3.8, 4) is 0 Å². The van der Waals surface area contributed by atoms with Crippen molar-refractivity contribution in [1.82, 2.24) is 25.0 Å². The molecule has 27 heavy (non-hydrogen) atoms. The van der Waals surface area contributed by atoms with Crippen LogP contribution in [0.5, 0.6) is 0 Å². The Balaban J connectivity index is 1.35. The Kier molecular flexibility index (Phi) is 4.62. The maximum atomic E-state index is 12.1. The highest BCUT2D eigenvalue weighted by Crippen LogP contribution is 2.18. The first-order valence-corrected chi connectivity index (χ1v) is 9.21. The van der Waals surface area contributed by atoms with E-state index in [9.17, 15) is 4.79 Å². The molecule has 8 heteroatoms. The van der Waals surface area contributed by atoms with Crippen LogP contribution in [0.4, 0.5) is 16.3 Å². The summed E-state index contributed by atoms with van der Waals surface area (Å²) >= 11 is 0. The molecule has 140 valence electrons. The van der Waals surface area contributed by atoms with Crippen molar-refractivity contribution in [2.75, 3.05) is 10.6 Å². The number of nitrogens with zero attached hydrogens (tertiary/aromatic N) is 4. The van der Waals surface area contributed by atoms with Crippen LogP contribution in [0.25, 0.3) is 0 Å². The summed E-state index contributed by atoms with van der Waals surface area (Å²) in [5.41, 5.74) is 2.84. The average Bonchev–Trinajstić information content (AvgIpc) is 3.35. The molecule has 0 unspecified atom stereocenters. The Labute approximate surface area is 157 Å². The van der Waals surface area contributed by atoms with Gasteiger partial charge >= 0.3 is 6.03 Å². The third-order valence-electron chi connectivity index (χ3n) is 4.72. The Bertz CT molecular complexity index is 939. The number of aryl methyl sites for hydroxylation is 1. The molecule has 4 rings (SSSR count). The maximum absolute atomic E-state index is 12.1. The minimum Gasteiger partial charge on any atom is -0.315 e. The van der Waals surface area contributed by atoms with Gasteiger partial charge in [-0.15, -0.1) is 10.2 Å². The number of fused-ring (bicyclic) bond motifs is 1. The summed E-state index contributed by atoms with van der Waals surface area (Å²) in [6.07, 6.45) is 2.90. The average molecular weight is 365 g/mol. The molecule has 1 aliphatic rings. The van der Waals surface area contributed by atoms with E-state index in [0.29, 0.717) is 11.7 Å². The number of rotatable bonds is 5. The Morgan fingerprint density at radius 1 is 1.22 bits per heavy atom. The van der Waals surface area contributed by atoms with Crippen LogP contribution < -0.4 is 10.6 Å². The Morgan fingerprint density at radius 2 is 2.04 bits per heavy atom. The highest BCUT2D eigenvalue weighted by molar-refractivity contribution is 5.99. The fourth-order valence-corrected chi connectivity index (χ4v) is 3.21. The van der Waals surface area contributed by atoms with Crippen molar-refractivity contribution in [2.24, 2.45) is 0 Å². The van der Waals surface area contributed by atoms with Crippen LogP contribution in [0.3, 0.4) is 0 Å². The molecule has 2 aromatic heterocycles. The first kappa shape index (κ1) is 17.3. The number of aromatic amines is 1. The van der Waals surface area contributed by atoms with E-state index < -0.39 is 0 Å². The molecule has 3 N–H and O–H groups in total. The van der Waals surface area contributed by atoms with E-state index in [-0.39, 0.29) is 6.03 Å². The molecule has 0 fully saturated rings. The summed E-state index contributed by atoms with van der Waals surface area (Å²) in [5, 5.41) is 21.1. The molecule has 1 aromatic carbocycles. The lowest BCUT2D eigenvalue weighted by Gasteiger charge is -2.07. The maximum Gasteiger partial charge on any atom is 0.324 e. The van der Waals surface area contributed by atoms with E-state index in [4.69, 9.17) is 0 Å². The van der Waals surface area contributed by atoms with E-state index in [1.54, 1.807) is 0 Å². The van der Waals surface area contributed by atoms with Crippen LogP contribution in [0, 0.1) is 0 Å². The van der Waals surface area contributed by atoms with Crippen molar-refractivity contribution in [3.05, 3.63) is 53.2 Å². The van der Waals surface area contributed by atoms with Crippen molar-refractivity contribution in [1.29, 1.82) is 0 Å². The first-order valence-electron chi connectivity index (χ1n) is 9.21. The largest absolute Gasteiger partial charge is 0.324 e. The number of hydrogen-bond donors (Lipinski definition) is 3. The van der Waals surface area contributed by atoms with Crippen LogP contribution in [0.2, 0.25) is 0 Å². The highest BCUT2D eigenvalue weighted by Gasteiger charge is 2.17. The second-order valence-electron chi connectivity index (χ2n) is 7.10. The van der Waals surface area contributed by atoms with E-state index >= 15 is 0 Å². The molecule has 0 saturated carbocycles. The zero-order valence-electron chi connectivity index (χ0n) is 15.5. The third-order valence-corrected chi connectivity index (χ3v) is 4.72. The van der Waals surface area contributed by atoms with Crippen molar-refractivity contribution < 1.29 is 4.79 Å². The summed E-state index contributed by atoms with van der Waals surface area (Å²) in [7, 11) is 0. The normalized spacial score (nSPS) is 13.0. The first-order chi connectivity index (χ1) is 13.1. The summed E-state index contributed by atoms with van der Waals surface area (Å²) in [4.78, 5) is 12.1. The summed E-state index contributed by atoms with van der Waals surface area (Å²) in [6.45, 7) is 5.13. The summed E-state index contributed by atoms with van der Waals surface area (Å²) in [6, 6.07) is 9.29. The molecule has 0 saturated heterocycles. The monoisotopic (exact) mass is 365 g/mol. The van der Waals surface area contributed by atoms with Crippen LogP contribution in [-0.4, -0.2) is 31.0 Å². The number of hydrogen-bond acceptors (Lipinski definition) is 4. The van der Waals surface area contributed by atoms with E-state index in [0.717, 1.165) is 54.4 Å². The predicted molar refractivity (Wildman–Crippen MR) is 103 cm³/mol. The standard InChI is InChI=1S/C19H23N7O/c1-12(2)15-11-16(23-22-15)21-19(27)20-14-7-5-13(6-8-14)10-18-25-24-17-4-3-9-26(17)18/h5-8,11-12H,3-4,9-10H2,1-2H3,(H3,20,21,22,23,27). The van der Waals surface area contributed by atoms with Crippen molar-refractivity contribution >= 4 is 17.5 Å². The van der Waals surface area contributed by atoms with Crippen LogP contribution in [0.15, 0.2) is 30.3 Å². The molecule has 0 atom stereocenters. The molecule has 8 nitrogen and oxygen atoms in total. The van der Waals surface area contributed by atoms with Gasteiger partial charge in [0, 0.05) is 36.8 Å². The zero-order valence-corrected chi connectivity index (χ0v) is 15.5. The quantitative estimate of drug-likeness (QED) is 0.646. The van der Waals surface area contributed by atoms with Gasteiger partial charge in [-0.1, -0.05) is 26.0 Å². The fourth-order valence-electron chi connectivity index (χ4n) is 3.21. The molecular weight excluding hydrogens is 342 g/mol. The van der Waals surface area contributed by atoms with Crippen LogP contribution >= 0.6 is 0 Å². The molecular formula is C19H23N7O. The van der Waals surface area contributed by atoms with E-state index in [2.05, 4.69) is 49.4 Å². The second kappa shape index (κ2) is 7.22. The van der Waals surface area contributed by atoms with Gasteiger partial charge in [0.2, 0.25) is 0 Å². The van der Waals surface area contributed by atoms with Crippen molar-refractivity contribution in [3.63, 3.8) is 0 Å².